The fraction of sp³-hybridized carbons (Fsp3) is 0.310. The van der Waals surface area contributed by atoms with Crippen LogP contribution in [-0.4, -0.2) is 35.9 Å². The molecule has 0 aliphatic carbocycles. The lowest BCUT2D eigenvalue weighted by Gasteiger charge is -2.31. The number of nitrogens with one attached hydrogen (secondary N) is 1. The summed E-state index contributed by atoms with van der Waals surface area (Å²) in [6, 6.07) is 28.2. The number of rotatable bonds is 12. The van der Waals surface area contributed by atoms with Gasteiger partial charge in [-0.3, -0.25) is 9.59 Å². The fourth-order valence-electron chi connectivity index (χ4n) is 3.68. The topological polar surface area (TPSA) is 58.6 Å². The van der Waals surface area contributed by atoms with Gasteiger partial charge in [-0.1, -0.05) is 92.7 Å². The molecule has 0 spiro atoms. The summed E-state index contributed by atoms with van der Waals surface area (Å²) < 4.78 is 5.76. The lowest BCUT2D eigenvalue weighted by Crippen LogP contribution is -2.52. The zero-order valence-corrected chi connectivity index (χ0v) is 20.0. The highest BCUT2D eigenvalue weighted by atomic mass is 16.5. The highest BCUT2D eigenvalue weighted by Crippen LogP contribution is 2.16. The summed E-state index contributed by atoms with van der Waals surface area (Å²) >= 11 is 0. The molecule has 0 saturated carbocycles. The molecule has 1 atom stereocenters. The van der Waals surface area contributed by atoms with E-state index in [0.29, 0.717) is 31.2 Å². The number of benzene rings is 3. The van der Waals surface area contributed by atoms with Crippen LogP contribution in [0.15, 0.2) is 91.0 Å². The van der Waals surface area contributed by atoms with E-state index in [4.69, 9.17) is 4.74 Å². The molecule has 0 aromatic heterocycles. The molecular weight excluding hydrogens is 424 g/mol. The average molecular weight is 459 g/mol. The molecule has 0 fully saturated rings. The Morgan fingerprint density at radius 2 is 1.38 bits per heavy atom. The maximum Gasteiger partial charge on any atom is 0.261 e. The van der Waals surface area contributed by atoms with Gasteiger partial charge in [-0.05, 0) is 35.6 Å². The van der Waals surface area contributed by atoms with E-state index in [1.807, 2.05) is 91.0 Å². The smallest absolute Gasteiger partial charge is 0.261 e. The van der Waals surface area contributed by atoms with Gasteiger partial charge >= 0.3 is 0 Å². The largest absolute Gasteiger partial charge is 0.484 e. The molecule has 178 valence electrons. The Morgan fingerprint density at radius 1 is 0.824 bits per heavy atom. The van der Waals surface area contributed by atoms with Gasteiger partial charge in [-0.25, -0.2) is 0 Å². The molecule has 1 unspecified atom stereocenters. The number of carbonyl (C=O) groups is 2. The lowest BCUT2D eigenvalue weighted by atomic mass is 10.0. The van der Waals surface area contributed by atoms with Crippen molar-refractivity contribution in [1.82, 2.24) is 10.2 Å². The molecule has 3 aromatic carbocycles. The van der Waals surface area contributed by atoms with Crippen molar-refractivity contribution in [2.45, 2.75) is 39.3 Å². The second-order valence-corrected chi connectivity index (χ2v) is 8.79. The van der Waals surface area contributed by atoms with Gasteiger partial charge in [0.1, 0.15) is 11.8 Å². The molecule has 5 heteroatoms. The first-order chi connectivity index (χ1) is 16.5. The molecule has 3 aromatic rings. The van der Waals surface area contributed by atoms with E-state index >= 15 is 0 Å². The van der Waals surface area contributed by atoms with Crippen molar-refractivity contribution in [2.75, 3.05) is 13.2 Å². The van der Waals surface area contributed by atoms with Gasteiger partial charge in [0.25, 0.3) is 5.91 Å². The van der Waals surface area contributed by atoms with E-state index < -0.39 is 6.04 Å². The van der Waals surface area contributed by atoms with Crippen LogP contribution in [-0.2, 0) is 22.6 Å². The Bertz CT molecular complexity index is 1010. The SMILES string of the molecule is CC(C)CCNC(=O)C(Cc1ccccc1)N(Cc1ccccc1)C(=O)COc1ccccc1. The number of hydrogen-bond donors (Lipinski definition) is 1. The molecule has 0 radical (unpaired) electrons. The van der Waals surface area contributed by atoms with Gasteiger partial charge in [-0.2, -0.15) is 0 Å². The first-order valence-electron chi connectivity index (χ1n) is 11.9. The maximum absolute atomic E-state index is 13.5. The maximum atomic E-state index is 13.5. The van der Waals surface area contributed by atoms with E-state index in [0.717, 1.165) is 17.5 Å². The van der Waals surface area contributed by atoms with Crippen LogP contribution in [0.3, 0.4) is 0 Å². The predicted molar refractivity (Wildman–Crippen MR) is 135 cm³/mol. The highest BCUT2D eigenvalue weighted by Gasteiger charge is 2.30. The Kier molecular flexibility index (Phi) is 9.71. The molecule has 0 saturated heterocycles. The third-order valence-corrected chi connectivity index (χ3v) is 5.59. The zero-order valence-electron chi connectivity index (χ0n) is 20.0. The summed E-state index contributed by atoms with van der Waals surface area (Å²) in [5, 5.41) is 3.06. The number of amides is 2. The van der Waals surface area contributed by atoms with Gasteiger partial charge in [0, 0.05) is 19.5 Å². The number of para-hydroxylation sites is 1. The molecule has 3 rings (SSSR count). The Balaban J connectivity index is 1.84. The second-order valence-electron chi connectivity index (χ2n) is 8.79. The quantitative estimate of drug-likeness (QED) is 0.421. The number of nitrogens with zero attached hydrogens (tertiary/aromatic N) is 1. The number of carbonyl (C=O) groups excluding carboxylic acids is 2. The average Bonchev–Trinajstić information content (AvgIpc) is 2.86. The van der Waals surface area contributed by atoms with E-state index in [2.05, 4.69) is 19.2 Å². The van der Waals surface area contributed by atoms with E-state index in [9.17, 15) is 9.59 Å². The first-order valence-corrected chi connectivity index (χ1v) is 11.9. The Labute approximate surface area is 202 Å². The predicted octanol–water partition coefficient (Wildman–Crippen LogP) is 4.87. The Hall–Kier alpha value is -3.60. The summed E-state index contributed by atoms with van der Waals surface area (Å²) in [5.74, 6) is 0.729. The van der Waals surface area contributed by atoms with Gasteiger partial charge in [0.15, 0.2) is 6.61 Å². The summed E-state index contributed by atoms with van der Waals surface area (Å²) in [4.78, 5) is 28.5. The number of hydrogen-bond acceptors (Lipinski definition) is 3. The van der Waals surface area contributed by atoms with Crippen molar-refractivity contribution >= 4 is 11.8 Å². The second kappa shape index (κ2) is 13.2. The minimum atomic E-state index is -0.651. The van der Waals surface area contributed by atoms with Crippen molar-refractivity contribution in [1.29, 1.82) is 0 Å². The van der Waals surface area contributed by atoms with Crippen LogP contribution in [0.4, 0.5) is 0 Å². The summed E-state index contributed by atoms with van der Waals surface area (Å²) in [7, 11) is 0. The van der Waals surface area contributed by atoms with Gasteiger partial charge in [0.2, 0.25) is 5.91 Å². The molecule has 1 N–H and O–H groups in total. The third kappa shape index (κ3) is 8.07. The van der Waals surface area contributed by atoms with Crippen molar-refractivity contribution in [3.05, 3.63) is 102 Å². The van der Waals surface area contributed by atoms with Crippen LogP contribution in [0.25, 0.3) is 0 Å². The monoisotopic (exact) mass is 458 g/mol. The van der Waals surface area contributed by atoms with Crippen LogP contribution in [0.1, 0.15) is 31.4 Å². The van der Waals surface area contributed by atoms with Gasteiger partial charge < -0.3 is 15.0 Å². The fourth-order valence-corrected chi connectivity index (χ4v) is 3.68. The third-order valence-electron chi connectivity index (χ3n) is 5.59. The zero-order chi connectivity index (χ0) is 24.2. The van der Waals surface area contributed by atoms with Crippen molar-refractivity contribution < 1.29 is 14.3 Å². The molecule has 2 amide bonds. The summed E-state index contributed by atoms with van der Waals surface area (Å²) in [5.41, 5.74) is 1.96. The molecule has 0 aliphatic heterocycles. The van der Waals surface area contributed by atoms with Crippen LogP contribution in [0, 0.1) is 5.92 Å². The van der Waals surface area contributed by atoms with E-state index in [1.54, 1.807) is 4.90 Å². The van der Waals surface area contributed by atoms with Crippen LogP contribution >= 0.6 is 0 Å². The molecular formula is C29H34N2O3. The van der Waals surface area contributed by atoms with Crippen molar-refractivity contribution in [3.8, 4) is 5.75 Å². The molecule has 0 bridgehead atoms. The summed E-state index contributed by atoms with van der Waals surface area (Å²) in [6.45, 7) is 5.02. The van der Waals surface area contributed by atoms with Crippen LogP contribution in [0.2, 0.25) is 0 Å². The summed E-state index contributed by atoms with van der Waals surface area (Å²) in [6.07, 6.45) is 1.31. The minimum Gasteiger partial charge on any atom is -0.484 e. The number of ether oxygens (including phenoxy) is 1. The lowest BCUT2D eigenvalue weighted by molar-refractivity contribution is -0.142. The van der Waals surface area contributed by atoms with Crippen molar-refractivity contribution in [3.63, 3.8) is 0 Å². The van der Waals surface area contributed by atoms with Crippen LogP contribution < -0.4 is 10.1 Å². The van der Waals surface area contributed by atoms with Crippen molar-refractivity contribution in [2.24, 2.45) is 5.92 Å². The normalized spacial score (nSPS) is 11.6. The van der Waals surface area contributed by atoms with E-state index in [-0.39, 0.29) is 18.4 Å². The standard InChI is InChI=1S/C29H34N2O3/c1-23(2)18-19-30-29(33)27(20-24-12-6-3-7-13-24)31(21-25-14-8-4-9-15-25)28(32)22-34-26-16-10-5-11-17-26/h3-17,23,27H,18-22H2,1-2H3,(H,30,33). The van der Waals surface area contributed by atoms with Gasteiger partial charge in [0.05, 0.1) is 0 Å². The highest BCUT2D eigenvalue weighted by molar-refractivity contribution is 5.88. The Morgan fingerprint density at radius 3 is 1.97 bits per heavy atom. The van der Waals surface area contributed by atoms with Crippen LogP contribution in [0.5, 0.6) is 5.75 Å². The molecule has 5 nitrogen and oxygen atoms in total. The van der Waals surface area contributed by atoms with E-state index in [1.165, 1.54) is 0 Å². The first kappa shape index (κ1) is 25.0. The van der Waals surface area contributed by atoms with Gasteiger partial charge in [-0.15, -0.1) is 0 Å². The minimum absolute atomic E-state index is 0.137. The molecule has 0 heterocycles. The molecule has 34 heavy (non-hydrogen) atoms. The molecule has 0 aliphatic rings.